The normalized spacial score (nSPS) is 23.3. The first kappa shape index (κ1) is 14.9. The van der Waals surface area contributed by atoms with E-state index in [2.05, 4.69) is 28.1 Å². The molecule has 5 heteroatoms. The van der Waals surface area contributed by atoms with Gasteiger partial charge in [-0.05, 0) is 30.9 Å². The van der Waals surface area contributed by atoms with Crippen molar-refractivity contribution < 1.29 is 9.47 Å². The van der Waals surface area contributed by atoms with E-state index < -0.39 is 0 Å². The van der Waals surface area contributed by atoms with Gasteiger partial charge in [-0.15, -0.1) is 0 Å². The second-order valence-corrected chi connectivity index (χ2v) is 7.41. The van der Waals surface area contributed by atoms with Crippen LogP contribution >= 0.6 is 11.6 Å². The largest absolute Gasteiger partial charge is 0.368 e. The number of rotatable bonds is 1. The zero-order valence-electron chi connectivity index (χ0n) is 13.6. The molecule has 1 saturated carbocycles. The van der Waals surface area contributed by atoms with Crippen LogP contribution in [0.25, 0.3) is 10.8 Å². The summed E-state index contributed by atoms with van der Waals surface area (Å²) in [5.41, 5.74) is 2.63. The summed E-state index contributed by atoms with van der Waals surface area (Å²) in [5, 5.41) is 2.97. The lowest BCUT2D eigenvalue weighted by atomic mass is 9.87. The molecule has 0 N–H and O–H groups in total. The standard InChI is InChI=1S/C19H21ClN2O2/c20-18-15-2-1-3-16-17(15)13(12-21-18)6-9-22(16)14-4-7-19(8-5-14)23-10-11-24-19/h1-3,12,14H,4-11H2. The van der Waals surface area contributed by atoms with Gasteiger partial charge < -0.3 is 14.4 Å². The van der Waals surface area contributed by atoms with E-state index in [1.165, 1.54) is 16.6 Å². The topological polar surface area (TPSA) is 34.6 Å². The van der Waals surface area contributed by atoms with Gasteiger partial charge in [0.15, 0.2) is 5.79 Å². The van der Waals surface area contributed by atoms with Crippen molar-refractivity contribution in [2.24, 2.45) is 0 Å². The predicted octanol–water partition coefficient (Wildman–Crippen LogP) is 3.94. The zero-order valence-corrected chi connectivity index (χ0v) is 14.4. The third-order valence-corrected chi connectivity index (χ3v) is 6.12. The number of hydrogen-bond donors (Lipinski definition) is 0. The van der Waals surface area contributed by atoms with Gasteiger partial charge in [-0.2, -0.15) is 0 Å². The lowest BCUT2D eigenvalue weighted by molar-refractivity contribution is -0.178. The fourth-order valence-electron chi connectivity index (χ4n) is 4.63. The molecule has 24 heavy (non-hydrogen) atoms. The molecule has 0 amide bonds. The predicted molar refractivity (Wildman–Crippen MR) is 94.7 cm³/mol. The number of aromatic nitrogens is 1. The minimum absolute atomic E-state index is 0.288. The van der Waals surface area contributed by atoms with Crippen molar-refractivity contribution in [3.05, 3.63) is 35.1 Å². The van der Waals surface area contributed by atoms with Gasteiger partial charge in [0.1, 0.15) is 5.15 Å². The Morgan fingerprint density at radius 3 is 2.75 bits per heavy atom. The number of pyridine rings is 1. The Balaban J connectivity index is 1.48. The molecule has 2 fully saturated rings. The third kappa shape index (κ3) is 2.24. The van der Waals surface area contributed by atoms with Crippen LogP contribution in [-0.4, -0.2) is 36.6 Å². The number of benzene rings is 1. The molecular weight excluding hydrogens is 324 g/mol. The molecule has 3 aliphatic rings. The monoisotopic (exact) mass is 344 g/mol. The summed E-state index contributed by atoms with van der Waals surface area (Å²) in [6.45, 7) is 2.54. The molecule has 126 valence electrons. The van der Waals surface area contributed by atoms with Crippen LogP contribution < -0.4 is 4.90 Å². The molecule has 1 spiro atoms. The molecule has 0 bridgehead atoms. The molecule has 2 aliphatic heterocycles. The number of halogens is 1. The second-order valence-electron chi connectivity index (χ2n) is 7.06. The molecule has 0 radical (unpaired) electrons. The summed E-state index contributed by atoms with van der Waals surface area (Å²) in [4.78, 5) is 6.93. The van der Waals surface area contributed by atoms with Gasteiger partial charge >= 0.3 is 0 Å². The Kier molecular flexibility index (Phi) is 3.47. The first-order valence-corrected chi connectivity index (χ1v) is 9.24. The van der Waals surface area contributed by atoms with Crippen molar-refractivity contribution >= 4 is 28.1 Å². The van der Waals surface area contributed by atoms with Gasteiger partial charge in [0.05, 0.1) is 13.2 Å². The molecule has 3 heterocycles. The second kappa shape index (κ2) is 5.58. The summed E-state index contributed by atoms with van der Waals surface area (Å²) in [5.74, 6) is -0.288. The van der Waals surface area contributed by atoms with Crippen molar-refractivity contribution in [2.45, 2.75) is 43.9 Å². The van der Waals surface area contributed by atoms with Crippen LogP contribution in [0.1, 0.15) is 31.2 Å². The summed E-state index contributed by atoms with van der Waals surface area (Å²) < 4.78 is 11.8. The molecule has 1 saturated heterocycles. The molecular formula is C19H21ClN2O2. The van der Waals surface area contributed by atoms with E-state index >= 15 is 0 Å². The van der Waals surface area contributed by atoms with Gasteiger partial charge in [0.2, 0.25) is 0 Å². The minimum Gasteiger partial charge on any atom is -0.368 e. The highest BCUT2D eigenvalue weighted by Crippen LogP contribution is 2.42. The lowest BCUT2D eigenvalue weighted by Gasteiger charge is -2.43. The van der Waals surface area contributed by atoms with Gasteiger partial charge in [-0.25, -0.2) is 4.98 Å². The summed E-state index contributed by atoms with van der Waals surface area (Å²) >= 11 is 6.33. The fraction of sp³-hybridized carbons (Fsp3) is 0.526. The molecule has 0 unspecified atom stereocenters. The van der Waals surface area contributed by atoms with Crippen LogP contribution in [0.2, 0.25) is 5.15 Å². The molecule has 0 atom stereocenters. The van der Waals surface area contributed by atoms with Gasteiger partial charge in [0, 0.05) is 48.1 Å². The number of nitrogens with zero attached hydrogens (tertiary/aromatic N) is 2. The average molecular weight is 345 g/mol. The van der Waals surface area contributed by atoms with Crippen molar-refractivity contribution in [2.75, 3.05) is 24.7 Å². The van der Waals surface area contributed by atoms with Crippen LogP contribution in [0.4, 0.5) is 5.69 Å². The van der Waals surface area contributed by atoms with E-state index in [0.29, 0.717) is 11.2 Å². The first-order valence-electron chi connectivity index (χ1n) is 8.86. The number of ether oxygens (including phenoxy) is 2. The number of hydrogen-bond acceptors (Lipinski definition) is 4. The van der Waals surface area contributed by atoms with Gasteiger partial charge in [-0.3, -0.25) is 0 Å². The maximum Gasteiger partial charge on any atom is 0.168 e. The Bertz CT molecular complexity index is 778. The van der Waals surface area contributed by atoms with Crippen LogP contribution in [0.15, 0.2) is 24.4 Å². The minimum atomic E-state index is -0.288. The van der Waals surface area contributed by atoms with Crippen LogP contribution in [0, 0.1) is 0 Å². The number of anilines is 1. The van der Waals surface area contributed by atoms with E-state index in [4.69, 9.17) is 21.1 Å². The van der Waals surface area contributed by atoms with Crippen LogP contribution in [-0.2, 0) is 15.9 Å². The van der Waals surface area contributed by atoms with Crippen molar-refractivity contribution in [3.8, 4) is 0 Å². The maximum atomic E-state index is 6.33. The Labute approximate surface area is 146 Å². The Morgan fingerprint density at radius 1 is 1.17 bits per heavy atom. The average Bonchev–Trinajstić information content (AvgIpc) is 3.07. The Morgan fingerprint density at radius 2 is 1.96 bits per heavy atom. The van der Waals surface area contributed by atoms with Gasteiger partial charge in [-0.1, -0.05) is 23.7 Å². The van der Waals surface area contributed by atoms with E-state index in [1.54, 1.807) is 0 Å². The van der Waals surface area contributed by atoms with E-state index in [-0.39, 0.29) is 5.79 Å². The first-order chi connectivity index (χ1) is 11.8. The third-order valence-electron chi connectivity index (χ3n) is 5.82. The summed E-state index contributed by atoms with van der Waals surface area (Å²) in [7, 11) is 0. The summed E-state index contributed by atoms with van der Waals surface area (Å²) in [6, 6.07) is 6.96. The van der Waals surface area contributed by atoms with E-state index in [0.717, 1.165) is 57.2 Å². The molecule has 2 aromatic rings. The SMILES string of the molecule is Clc1ncc2c3c(cccc13)N(C1CCC3(CC1)OCCO3)CC2. The summed E-state index contributed by atoms with van der Waals surface area (Å²) in [6.07, 6.45) is 7.20. The smallest absolute Gasteiger partial charge is 0.168 e. The zero-order chi connectivity index (χ0) is 16.1. The highest BCUT2D eigenvalue weighted by atomic mass is 35.5. The van der Waals surface area contributed by atoms with Crippen LogP contribution in [0.5, 0.6) is 0 Å². The van der Waals surface area contributed by atoms with E-state index in [9.17, 15) is 0 Å². The maximum absolute atomic E-state index is 6.33. The van der Waals surface area contributed by atoms with Crippen molar-refractivity contribution in [1.82, 2.24) is 4.98 Å². The molecule has 1 aromatic carbocycles. The molecule has 4 nitrogen and oxygen atoms in total. The molecule has 1 aliphatic carbocycles. The van der Waals surface area contributed by atoms with Gasteiger partial charge in [0.25, 0.3) is 0 Å². The molecule has 5 rings (SSSR count). The highest BCUT2D eigenvalue weighted by Gasteiger charge is 2.42. The van der Waals surface area contributed by atoms with E-state index in [1.807, 2.05) is 6.20 Å². The van der Waals surface area contributed by atoms with Crippen molar-refractivity contribution in [3.63, 3.8) is 0 Å². The Hall–Kier alpha value is -1.36. The van der Waals surface area contributed by atoms with Crippen molar-refractivity contribution in [1.29, 1.82) is 0 Å². The molecule has 1 aromatic heterocycles. The lowest BCUT2D eigenvalue weighted by Crippen LogP contribution is -2.46. The quantitative estimate of drug-likeness (QED) is 0.734. The highest BCUT2D eigenvalue weighted by molar-refractivity contribution is 6.34. The fourth-order valence-corrected chi connectivity index (χ4v) is 4.83. The van der Waals surface area contributed by atoms with Crippen LogP contribution in [0.3, 0.4) is 0 Å².